The molecule has 1 N–H and O–H groups in total. The lowest BCUT2D eigenvalue weighted by molar-refractivity contribution is 0.104. The molecule has 3 aromatic rings. The number of carbonyl (C=O) groups is 1. The molecule has 21 heavy (non-hydrogen) atoms. The molecule has 0 bridgehead atoms. The summed E-state index contributed by atoms with van der Waals surface area (Å²) in [5.74, 6) is 0.750. The molecule has 0 fully saturated rings. The third kappa shape index (κ3) is 2.42. The Morgan fingerprint density at radius 2 is 1.90 bits per heavy atom. The van der Waals surface area contributed by atoms with Crippen LogP contribution in [0.5, 0.6) is 5.75 Å². The summed E-state index contributed by atoms with van der Waals surface area (Å²) in [6, 6.07) is 13.4. The van der Waals surface area contributed by atoms with E-state index in [1.165, 1.54) is 0 Å². The van der Waals surface area contributed by atoms with Gasteiger partial charge in [0.2, 0.25) is 0 Å². The first-order valence-corrected chi connectivity index (χ1v) is 7.05. The van der Waals surface area contributed by atoms with E-state index in [9.17, 15) is 4.79 Å². The summed E-state index contributed by atoms with van der Waals surface area (Å²) in [4.78, 5) is 15.9. The van der Waals surface area contributed by atoms with Crippen LogP contribution < -0.4 is 4.74 Å². The van der Waals surface area contributed by atoms with Crippen molar-refractivity contribution in [3.05, 3.63) is 65.4 Å². The molecule has 0 aliphatic heterocycles. The van der Waals surface area contributed by atoms with Gasteiger partial charge in [0.05, 0.1) is 17.6 Å². The molecule has 106 valence electrons. The fraction of sp³-hybridized carbons (Fsp3) is 0.167. The monoisotopic (exact) mass is 279 g/mol. The zero-order chi connectivity index (χ0) is 14.8. The molecule has 3 heteroatoms. The van der Waals surface area contributed by atoms with Crippen LogP contribution in [0.25, 0.3) is 10.9 Å². The van der Waals surface area contributed by atoms with Crippen molar-refractivity contribution in [2.45, 2.75) is 13.8 Å². The third-order valence-corrected chi connectivity index (χ3v) is 3.53. The highest BCUT2D eigenvalue weighted by atomic mass is 16.5. The summed E-state index contributed by atoms with van der Waals surface area (Å²) in [7, 11) is 0. The second-order valence-electron chi connectivity index (χ2n) is 5.01. The molecule has 0 saturated heterocycles. The molecule has 0 radical (unpaired) electrons. The van der Waals surface area contributed by atoms with Gasteiger partial charge in [-0.1, -0.05) is 35.9 Å². The maximum Gasteiger partial charge on any atom is 0.195 e. The van der Waals surface area contributed by atoms with Crippen molar-refractivity contribution >= 4 is 16.7 Å². The van der Waals surface area contributed by atoms with Crippen LogP contribution in [-0.2, 0) is 0 Å². The van der Waals surface area contributed by atoms with Crippen molar-refractivity contribution in [2.75, 3.05) is 6.61 Å². The van der Waals surface area contributed by atoms with Gasteiger partial charge in [-0.25, -0.2) is 0 Å². The fourth-order valence-electron chi connectivity index (χ4n) is 2.47. The molecule has 0 aliphatic rings. The highest BCUT2D eigenvalue weighted by Crippen LogP contribution is 2.30. The van der Waals surface area contributed by atoms with Gasteiger partial charge in [0, 0.05) is 17.3 Å². The lowest BCUT2D eigenvalue weighted by Crippen LogP contribution is -2.01. The first-order chi connectivity index (χ1) is 10.2. The van der Waals surface area contributed by atoms with Gasteiger partial charge >= 0.3 is 0 Å². The first-order valence-electron chi connectivity index (χ1n) is 7.05. The van der Waals surface area contributed by atoms with Crippen LogP contribution >= 0.6 is 0 Å². The molecule has 1 heterocycles. The van der Waals surface area contributed by atoms with E-state index in [2.05, 4.69) is 4.98 Å². The van der Waals surface area contributed by atoms with Gasteiger partial charge in [0.15, 0.2) is 5.78 Å². The van der Waals surface area contributed by atoms with Crippen molar-refractivity contribution in [1.29, 1.82) is 0 Å². The van der Waals surface area contributed by atoms with E-state index in [4.69, 9.17) is 4.74 Å². The van der Waals surface area contributed by atoms with E-state index in [1.54, 1.807) is 6.20 Å². The van der Waals surface area contributed by atoms with Crippen LogP contribution in [0.1, 0.15) is 28.4 Å². The number of aryl methyl sites for hydroxylation is 1. The normalized spacial score (nSPS) is 10.8. The Balaban J connectivity index is 2.11. The second kappa shape index (κ2) is 5.44. The van der Waals surface area contributed by atoms with Gasteiger partial charge in [-0.05, 0) is 26.0 Å². The molecular weight excluding hydrogens is 262 g/mol. The summed E-state index contributed by atoms with van der Waals surface area (Å²) < 4.78 is 5.65. The minimum atomic E-state index is 0.00778. The number of benzene rings is 2. The first kappa shape index (κ1) is 13.4. The standard InChI is InChI=1S/C18H17NO2/c1-3-21-16-6-4-5-15-17(16)14(11-19-15)18(20)13-9-7-12(2)8-10-13/h4-11,19H,3H2,1-2H3. The van der Waals surface area contributed by atoms with Gasteiger partial charge < -0.3 is 9.72 Å². The van der Waals surface area contributed by atoms with Crippen molar-refractivity contribution < 1.29 is 9.53 Å². The van der Waals surface area contributed by atoms with Crippen molar-refractivity contribution in [2.24, 2.45) is 0 Å². The van der Waals surface area contributed by atoms with Gasteiger partial charge in [0.1, 0.15) is 5.75 Å². The lowest BCUT2D eigenvalue weighted by atomic mass is 10.0. The molecule has 0 amide bonds. The Morgan fingerprint density at radius 3 is 2.62 bits per heavy atom. The van der Waals surface area contributed by atoms with Gasteiger partial charge in [-0.15, -0.1) is 0 Å². The number of aromatic nitrogens is 1. The number of fused-ring (bicyclic) bond motifs is 1. The number of nitrogens with one attached hydrogen (secondary N) is 1. The zero-order valence-corrected chi connectivity index (χ0v) is 12.1. The van der Waals surface area contributed by atoms with Crippen molar-refractivity contribution in [3.63, 3.8) is 0 Å². The van der Waals surface area contributed by atoms with Crippen LogP contribution in [0.3, 0.4) is 0 Å². The fourth-order valence-corrected chi connectivity index (χ4v) is 2.47. The molecule has 0 saturated carbocycles. The van der Waals surface area contributed by atoms with Crippen molar-refractivity contribution in [3.8, 4) is 5.75 Å². The number of carbonyl (C=O) groups excluding carboxylic acids is 1. The van der Waals surface area contributed by atoms with Crippen LogP contribution in [0, 0.1) is 6.92 Å². The average Bonchev–Trinajstić information content (AvgIpc) is 2.93. The highest BCUT2D eigenvalue weighted by molar-refractivity contribution is 6.17. The van der Waals surface area contributed by atoms with E-state index in [0.29, 0.717) is 17.7 Å². The Morgan fingerprint density at radius 1 is 1.14 bits per heavy atom. The summed E-state index contributed by atoms with van der Waals surface area (Å²) in [5, 5.41) is 0.852. The lowest BCUT2D eigenvalue weighted by Gasteiger charge is -2.06. The molecule has 0 unspecified atom stereocenters. The average molecular weight is 279 g/mol. The number of hydrogen-bond donors (Lipinski definition) is 1. The summed E-state index contributed by atoms with van der Waals surface area (Å²) in [6.45, 7) is 4.52. The number of ether oxygens (including phenoxy) is 1. The van der Waals surface area contributed by atoms with Crippen LogP contribution in [-0.4, -0.2) is 17.4 Å². The van der Waals surface area contributed by atoms with E-state index >= 15 is 0 Å². The molecule has 1 aromatic heterocycles. The maximum atomic E-state index is 12.7. The Hall–Kier alpha value is -2.55. The van der Waals surface area contributed by atoms with Crippen LogP contribution in [0.2, 0.25) is 0 Å². The molecule has 0 atom stereocenters. The summed E-state index contributed by atoms with van der Waals surface area (Å²) in [6.07, 6.45) is 1.76. The second-order valence-corrected chi connectivity index (χ2v) is 5.01. The maximum absolute atomic E-state index is 12.7. The highest BCUT2D eigenvalue weighted by Gasteiger charge is 2.17. The number of H-pyrrole nitrogens is 1. The summed E-state index contributed by atoms with van der Waals surface area (Å²) >= 11 is 0. The number of aromatic amines is 1. The molecule has 3 nitrogen and oxygen atoms in total. The number of rotatable bonds is 4. The number of ketones is 1. The SMILES string of the molecule is CCOc1cccc2[nH]cc(C(=O)c3ccc(C)cc3)c12. The topological polar surface area (TPSA) is 42.1 Å². The Labute approximate surface area is 123 Å². The van der Waals surface area contributed by atoms with E-state index in [1.807, 2.05) is 56.3 Å². The van der Waals surface area contributed by atoms with Crippen molar-refractivity contribution in [1.82, 2.24) is 4.98 Å². The molecule has 0 aliphatic carbocycles. The van der Waals surface area contributed by atoms with E-state index in [0.717, 1.165) is 22.2 Å². The van der Waals surface area contributed by atoms with Crippen LogP contribution in [0.4, 0.5) is 0 Å². The van der Waals surface area contributed by atoms with E-state index in [-0.39, 0.29) is 5.78 Å². The molecule has 0 spiro atoms. The molecule has 3 rings (SSSR count). The molecular formula is C18H17NO2. The van der Waals surface area contributed by atoms with Gasteiger partial charge in [0.25, 0.3) is 0 Å². The predicted molar refractivity (Wildman–Crippen MR) is 84.1 cm³/mol. The minimum Gasteiger partial charge on any atom is -0.493 e. The Kier molecular flexibility index (Phi) is 3.48. The minimum absolute atomic E-state index is 0.00778. The third-order valence-electron chi connectivity index (χ3n) is 3.53. The van der Waals surface area contributed by atoms with Gasteiger partial charge in [-0.2, -0.15) is 0 Å². The zero-order valence-electron chi connectivity index (χ0n) is 12.1. The largest absolute Gasteiger partial charge is 0.493 e. The van der Waals surface area contributed by atoms with Crippen LogP contribution in [0.15, 0.2) is 48.7 Å². The Bertz CT molecular complexity index is 785. The van der Waals surface area contributed by atoms with E-state index < -0.39 is 0 Å². The smallest absolute Gasteiger partial charge is 0.195 e. The quantitative estimate of drug-likeness (QED) is 0.730. The summed E-state index contributed by atoms with van der Waals surface area (Å²) in [5.41, 5.74) is 3.39. The predicted octanol–water partition coefficient (Wildman–Crippen LogP) is 4.11. The molecule has 2 aromatic carbocycles. The van der Waals surface area contributed by atoms with Gasteiger partial charge in [-0.3, -0.25) is 4.79 Å². The number of hydrogen-bond acceptors (Lipinski definition) is 2.